The number of carbonyl (C=O) groups excluding carboxylic acids is 2. The molecule has 1 aromatic heterocycles. The Labute approximate surface area is 156 Å². The molecule has 1 aliphatic heterocycles. The summed E-state index contributed by atoms with van der Waals surface area (Å²) in [5.74, 6) is 1.24. The van der Waals surface area contributed by atoms with Gasteiger partial charge in [-0.25, -0.2) is 0 Å². The van der Waals surface area contributed by atoms with Gasteiger partial charge in [0.1, 0.15) is 18.1 Å². The van der Waals surface area contributed by atoms with Crippen molar-refractivity contribution >= 4 is 23.2 Å². The van der Waals surface area contributed by atoms with Crippen LogP contribution in [0.15, 0.2) is 35.7 Å². The summed E-state index contributed by atoms with van der Waals surface area (Å²) in [7, 11) is 1.61. The Balaban J connectivity index is 1.38. The minimum Gasteiger partial charge on any atom is -0.497 e. The fourth-order valence-electron chi connectivity index (χ4n) is 2.79. The van der Waals surface area contributed by atoms with Gasteiger partial charge in [-0.15, -0.1) is 11.3 Å². The van der Waals surface area contributed by atoms with E-state index in [1.165, 1.54) is 11.3 Å². The van der Waals surface area contributed by atoms with Gasteiger partial charge in [0.25, 0.3) is 5.91 Å². The Morgan fingerprint density at radius 2 is 2.12 bits per heavy atom. The van der Waals surface area contributed by atoms with Crippen molar-refractivity contribution in [1.82, 2.24) is 10.6 Å². The lowest BCUT2D eigenvalue weighted by atomic mass is 9.96. The molecule has 0 spiro atoms. The van der Waals surface area contributed by atoms with Gasteiger partial charge in [-0.2, -0.15) is 0 Å². The first-order valence-corrected chi connectivity index (χ1v) is 9.44. The molecule has 0 saturated carbocycles. The van der Waals surface area contributed by atoms with Crippen LogP contribution in [0.2, 0.25) is 0 Å². The highest BCUT2D eigenvalue weighted by molar-refractivity contribution is 7.12. The van der Waals surface area contributed by atoms with Crippen molar-refractivity contribution in [2.24, 2.45) is 5.92 Å². The number of ether oxygens (including phenoxy) is 2. The number of fused-ring (bicyclic) bond motifs is 1. The molecule has 0 saturated heterocycles. The molecule has 0 fully saturated rings. The number of amides is 2. The summed E-state index contributed by atoms with van der Waals surface area (Å²) < 4.78 is 10.9. The zero-order chi connectivity index (χ0) is 18.4. The van der Waals surface area contributed by atoms with Gasteiger partial charge in [0.05, 0.1) is 17.9 Å². The molecule has 2 aromatic rings. The lowest BCUT2D eigenvalue weighted by molar-refractivity contribution is -0.126. The van der Waals surface area contributed by atoms with E-state index in [4.69, 9.17) is 9.47 Å². The van der Waals surface area contributed by atoms with Crippen LogP contribution in [-0.4, -0.2) is 38.6 Å². The van der Waals surface area contributed by atoms with E-state index in [1.807, 2.05) is 29.6 Å². The number of hydrogen-bond acceptors (Lipinski definition) is 5. The summed E-state index contributed by atoms with van der Waals surface area (Å²) >= 11 is 1.41. The Kier molecular flexibility index (Phi) is 6.12. The van der Waals surface area contributed by atoms with Gasteiger partial charge in [-0.05, 0) is 35.9 Å². The van der Waals surface area contributed by atoms with Crippen LogP contribution < -0.4 is 20.1 Å². The van der Waals surface area contributed by atoms with E-state index in [9.17, 15) is 9.59 Å². The summed E-state index contributed by atoms with van der Waals surface area (Å²) in [6.07, 6.45) is 1.34. The summed E-state index contributed by atoms with van der Waals surface area (Å²) in [5, 5.41) is 7.64. The van der Waals surface area contributed by atoms with Crippen LogP contribution in [0.5, 0.6) is 11.5 Å². The number of hydrogen-bond donors (Lipinski definition) is 2. The number of methoxy groups -OCH3 is 1. The Morgan fingerprint density at radius 1 is 1.27 bits per heavy atom. The number of carbonyl (C=O) groups is 2. The van der Waals surface area contributed by atoms with Gasteiger partial charge >= 0.3 is 0 Å². The fraction of sp³-hybridized carbons (Fsp3) is 0.368. The first-order valence-electron chi connectivity index (χ1n) is 8.56. The third-order valence-electron chi connectivity index (χ3n) is 4.23. The lowest BCUT2D eigenvalue weighted by Crippen LogP contribution is -2.38. The van der Waals surface area contributed by atoms with Gasteiger partial charge < -0.3 is 20.1 Å². The standard InChI is InChI=1S/C19H22N2O4S/c1-24-15-6-5-13-10-14(12-25-16(13)11-15)18(22)20-7-3-8-21-19(23)17-4-2-9-26-17/h2,4-6,9,11,14H,3,7-8,10,12H2,1H3,(H,20,22)(H,21,23). The maximum atomic E-state index is 12.3. The molecule has 2 heterocycles. The van der Waals surface area contributed by atoms with Crippen molar-refractivity contribution in [3.05, 3.63) is 46.2 Å². The average molecular weight is 374 g/mol. The summed E-state index contributed by atoms with van der Waals surface area (Å²) in [6, 6.07) is 9.30. The second-order valence-electron chi connectivity index (χ2n) is 6.06. The lowest BCUT2D eigenvalue weighted by Gasteiger charge is -2.25. The van der Waals surface area contributed by atoms with Gasteiger partial charge in [-0.3, -0.25) is 9.59 Å². The number of benzene rings is 1. The molecule has 0 aliphatic carbocycles. The highest BCUT2D eigenvalue weighted by atomic mass is 32.1. The van der Waals surface area contributed by atoms with Gasteiger partial charge in [0.2, 0.25) is 5.91 Å². The molecule has 6 nitrogen and oxygen atoms in total. The predicted octanol–water partition coefficient (Wildman–Crippen LogP) is 2.24. The van der Waals surface area contributed by atoms with Crippen LogP contribution in [0.4, 0.5) is 0 Å². The molecule has 1 aliphatic rings. The molecule has 2 N–H and O–H groups in total. The highest BCUT2D eigenvalue weighted by Crippen LogP contribution is 2.31. The molecule has 1 atom stereocenters. The van der Waals surface area contributed by atoms with Gasteiger partial charge in [-0.1, -0.05) is 12.1 Å². The van der Waals surface area contributed by atoms with Crippen molar-refractivity contribution in [2.45, 2.75) is 12.8 Å². The SMILES string of the molecule is COc1ccc2c(c1)OCC(C(=O)NCCCNC(=O)c1cccs1)C2. The van der Waals surface area contributed by atoms with Crippen LogP contribution in [0.1, 0.15) is 21.7 Å². The van der Waals surface area contributed by atoms with Gasteiger partial charge in [0, 0.05) is 19.2 Å². The largest absolute Gasteiger partial charge is 0.497 e. The first-order chi connectivity index (χ1) is 12.7. The molecule has 1 unspecified atom stereocenters. The molecular weight excluding hydrogens is 352 g/mol. The van der Waals surface area contributed by atoms with Crippen LogP contribution in [0.3, 0.4) is 0 Å². The van der Waals surface area contributed by atoms with Crippen molar-refractivity contribution in [1.29, 1.82) is 0 Å². The van der Waals surface area contributed by atoms with Crippen LogP contribution in [0, 0.1) is 5.92 Å². The van der Waals surface area contributed by atoms with E-state index in [0.717, 1.165) is 17.1 Å². The summed E-state index contributed by atoms with van der Waals surface area (Å²) in [4.78, 5) is 24.8. The zero-order valence-corrected chi connectivity index (χ0v) is 15.4. The van der Waals surface area contributed by atoms with Crippen molar-refractivity contribution < 1.29 is 19.1 Å². The maximum absolute atomic E-state index is 12.3. The summed E-state index contributed by atoms with van der Waals surface area (Å²) in [5.41, 5.74) is 1.01. The number of nitrogens with one attached hydrogen (secondary N) is 2. The predicted molar refractivity (Wildman–Crippen MR) is 100.0 cm³/mol. The number of rotatable bonds is 7. The second kappa shape index (κ2) is 8.71. The van der Waals surface area contributed by atoms with E-state index in [1.54, 1.807) is 13.2 Å². The maximum Gasteiger partial charge on any atom is 0.261 e. The fourth-order valence-corrected chi connectivity index (χ4v) is 3.43. The molecule has 138 valence electrons. The smallest absolute Gasteiger partial charge is 0.261 e. The Bertz CT molecular complexity index is 761. The highest BCUT2D eigenvalue weighted by Gasteiger charge is 2.26. The Hall–Kier alpha value is -2.54. The van der Waals surface area contributed by atoms with Crippen LogP contribution in [-0.2, 0) is 11.2 Å². The Morgan fingerprint density at radius 3 is 2.88 bits per heavy atom. The molecule has 3 rings (SSSR count). The van der Waals surface area contributed by atoms with E-state index in [-0.39, 0.29) is 17.7 Å². The van der Waals surface area contributed by atoms with Crippen molar-refractivity contribution in [3.63, 3.8) is 0 Å². The third-order valence-corrected chi connectivity index (χ3v) is 5.10. The molecule has 0 bridgehead atoms. The minimum absolute atomic E-state index is 0.0175. The molecule has 7 heteroatoms. The van der Waals surface area contributed by atoms with Crippen LogP contribution >= 0.6 is 11.3 Å². The third kappa shape index (κ3) is 4.54. The first kappa shape index (κ1) is 18.3. The molecule has 0 radical (unpaired) electrons. The van der Waals surface area contributed by atoms with Crippen molar-refractivity contribution in [3.8, 4) is 11.5 Å². The number of thiophene rings is 1. The van der Waals surface area contributed by atoms with E-state index < -0.39 is 0 Å². The normalized spacial score (nSPS) is 15.5. The molecule has 1 aromatic carbocycles. The van der Waals surface area contributed by atoms with E-state index in [0.29, 0.717) is 37.4 Å². The second-order valence-corrected chi connectivity index (χ2v) is 7.01. The zero-order valence-electron chi connectivity index (χ0n) is 14.6. The monoisotopic (exact) mass is 374 g/mol. The quantitative estimate of drug-likeness (QED) is 0.729. The molecule has 26 heavy (non-hydrogen) atoms. The van der Waals surface area contributed by atoms with E-state index in [2.05, 4.69) is 10.6 Å². The average Bonchev–Trinajstić information content (AvgIpc) is 3.21. The minimum atomic E-state index is -0.198. The topological polar surface area (TPSA) is 76.7 Å². The van der Waals surface area contributed by atoms with Crippen molar-refractivity contribution in [2.75, 3.05) is 26.8 Å². The van der Waals surface area contributed by atoms with E-state index >= 15 is 0 Å². The summed E-state index contributed by atoms with van der Waals surface area (Å²) in [6.45, 7) is 1.41. The molecular formula is C19H22N2O4S. The van der Waals surface area contributed by atoms with Gasteiger partial charge in [0.15, 0.2) is 0 Å². The van der Waals surface area contributed by atoms with Crippen LogP contribution in [0.25, 0.3) is 0 Å². The molecule has 2 amide bonds.